The summed E-state index contributed by atoms with van der Waals surface area (Å²) in [6.45, 7) is 6.03. The first-order valence-electron chi connectivity index (χ1n) is 22.2. The van der Waals surface area contributed by atoms with E-state index in [1.807, 2.05) is 185 Å². The summed E-state index contributed by atoms with van der Waals surface area (Å²) < 4.78 is 6.29. The summed E-state index contributed by atoms with van der Waals surface area (Å²) >= 11 is 0. The molecule has 0 amide bonds. The molecule has 2 aliphatic rings. The molecule has 66 heavy (non-hydrogen) atoms. The number of nitrogens with zero attached hydrogens (tertiary/aromatic N) is 2. The SMILES string of the molecule is C/C=C\C=C/C1=CN(c2ccc(-c3cc(C(=O)c4ccc(C)cc4)c(-c4ccc(N5c6ccccc6Oc6ccccc65)cc4)cc3C(=O)c3ccc(C)cc3)cc2)c2ccccc2C=C1. The molecule has 5 nitrogen and oxygen atoms in total. The van der Waals surface area contributed by atoms with E-state index in [1.165, 1.54) is 0 Å². The van der Waals surface area contributed by atoms with Crippen molar-refractivity contribution < 1.29 is 14.3 Å². The van der Waals surface area contributed by atoms with E-state index in [9.17, 15) is 9.59 Å². The van der Waals surface area contributed by atoms with Crippen LogP contribution in [-0.4, -0.2) is 11.6 Å². The summed E-state index contributed by atoms with van der Waals surface area (Å²) in [6.07, 6.45) is 14.6. The number of carbonyl (C=O) groups excluding carboxylic acids is 2. The van der Waals surface area contributed by atoms with E-state index in [-0.39, 0.29) is 11.6 Å². The van der Waals surface area contributed by atoms with Crippen LogP contribution < -0.4 is 14.5 Å². The number of anilines is 5. The van der Waals surface area contributed by atoms with E-state index < -0.39 is 0 Å². The fraction of sp³-hybridized carbons (Fsp3) is 0.0492. The molecule has 2 heterocycles. The second-order valence-corrected chi connectivity index (χ2v) is 16.6. The molecule has 0 saturated carbocycles. The lowest BCUT2D eigenvalue weighted by Crippen LogP contribution is -2.15. The molecule has 0 fully saturated rings. The molecule has 0 N–H and O–H groups in total. The van der Waals surface area contributed by atoms with Gasteiger partial charge in [0.25, 0.3) is 0 Å². The van der Waals surface area contributed by atoms with Crippen LogP contribution in [0.1, 0.15) is 55.5 Å². The topological polar surface area (TPSA) is 49.9 Å². The van der Waals surface area contributed by atoms with E-state index in [0.717, 1.165) is 73.3 Å². The fourth-order valence-electron chi connectivity index (χ4n) is 8.63. The highest BCUT2D eigenvalue weighted by Crippen LogP contribution is 2.50. The summed E-state index contributed by atoms with van der Waals surface area (Å²) in [5, 5.41) is 0. The first kappa shape index (κ1) is 41.5. The lowest BCUT2D eigenvalue weighted by molar-refractivity contribution is 0.102. The number of ether oxygens (including phenoxy) is 1. The minimum Gasteiger partial charge on any atom is -0.453 e. The Morgan fingerprint density at radius 1 is 0.500 bits per heavy atom. The third-order valence-corrected chi connectivity index (χ3v) is 12.1. The Balaban J connectivity index is 1.12. The van der Waals surface area contributed by atoms with Gasteiger partial charge < -0.3 is 14.5 Å². The van der Waals surface area contributed by atoms with E-state index in [2.05, 4.69) is 70.6 Å². The number of fused-ring (bicyclic) bond motifs is 3. The molecule has 10 rings (SSSR count). The molecule has 0 aromatic heterocycles. The molecule has 0 unspecified atom stereocenters. The summed E-state index contributed by atoms with van der Waals surface area (Å²) in [7, 11) is 0. The fourth-order valence-corrected chi connectivity index (χ4v) is 8.63. The Bertz CT molecular complexity index is 3220. The maximum Gasteiger partial charge on any atom is 0.193 e. The number of hydrogen-bond acceptors (Lipinski definition) is 5. The van der Waals surface area contributed by atoms with Gasteiger partial charge in [-0.25, -0.2) is 0 Å². The van der Waals surface area contributed by atoms with Gasteiger partial charge in [-0.1, -0.05) is 163 Å². The molecule has 2 aliphatic heterocycles. The van der Waals surface area contributed by atoms with Crippen LogP contribution in [0.25, 0.3) is 28.3 Å². The molecule has 0 bridgehead atoms. The van der Waals surface area contributed by atoms with Gasteiger partial charge in [-0.15, -0.1) is 0 Å². The highest BCUT2D eigenvalue weighted by atomic mass is 16.5. The summed E-state index contributed by atoms with van der Waals surface area (Å²) in [6, 6.07) is 60.0. The number of aryl methyl sites for hydroxylation is 2. The molecule has 8 aromatic carbocycles. The third kappa shape index (κ3) is 8.10. The van der Waals surface area contributed by atoms with Crippen molar-refractivity contribution in [3.8, 4) is 33.8 Å². The van der Waals surface area contributed by atoms with Crippen molar-refractivity contribution in [1.29, 1.82) is 0 Å². The van der Waals surface area contributed by atoms with Gasteiger partial charge in [-0.3, -0.25) is 9.59 Å². The molecule has 0 aliphatic carbocycles. The Hall–Kier alpha value is -8.54. The average Bonchev–Trinajstić information content (AvgIpc) is 3.55. The molecule has 0 saturated heterocycles. The van der Waals surface area contributed by atoms with Crippen LogP contribution in [0.5, 0.6) is 11.5 Å². The van der Waals surface area contributed by atoms with Gasteiger partial charge in [0.1, 0.15) is 0 Å². The number of para-hydroxylation sites is 5. The lowest BCUT2D eigenvalue weighted by atomic mass is 9.85. The zero-order chi connectivity index (χ0) is 45.1. The zero-order valence-electron chi connectivity index (χ0n) is 37.0. The predicted molar refractivity (Wildman–Crippen MR) is 271 cm³/mol. The second-order valence-electron chi connectivity index (χ2n) is 16.6. The first-order valence-corrected chi connectivity index (χ1v) is 22.2. The Morgan fingerprint density at radius 2 is 0.985 bits per heavy atom. The smallest absolute Gasteiger partial charge is 0.193 e. The first-order chi connectivity index (χ1) is 32.3. The maximum atomic E-state index is 14.9. The van der Waals surface area contributed by atoms with Crippen molar-refractivity contribution in [2.24, 2.45) is 0 Å². The Morgan fingerprint density at radius 3 is 1.52 bits per heavy atom. The van der Waals surface area contributed by atoms with Crippen LogP contribution in [0.15, 0.2) is 224 Å². The van der Waals surface area contributed by atoms with Gasteiger partial charge in [-0.2, -0.15) is 0 Å². The Kier molecular flexibility index (Phi) is 11.3. The van der Waals surface area contributed by atoms with E-state index in [1.54, 1.807) is 0 Å². The molecule has 0 radical (unpaired) electrons. The van der Waals surface area contributed by atoms with E-state index >= 15 is 0 Å². The minimum absolute atomic E-state index is 0.129. The van der Waals surface area contributed by atoms with Crippen LogP contribution in [0.3, 0.4) is 0 Å². The van der Waals surface area contributed by atoms with Crippen molar-refractivity contribution in [2.75, 3.05) is 9.80 Å². The van der Waals surface area contributed by atoms with Gasteiger partial charge in [0.2, 0.25) is 0 Å². The minimum atomic E-state index is -0.130. The van der Waals surface area contributed by atoms with Crippen molar-refractivity contribution in [2.45, 2.75) is 20.8 Å². The maximum absolute atomic E-state index is 14.9. The summed E-state index contributed by atoms with van der Waals surface area (Å²) in [5.41, 5.74) is 14.2. The standard InChI is InChI=1S/C61H46N2O3/c1-4-5-6-13-43-24-29-46-14-7-8-15-55(46)62(40-43)49-34-30-44(31-35-49)51-38-54(61(65)48-27-22-42(3)23-28-48)52(39-53(51)60(64)47-25-20-41(2)21-26-47)45-32-36-50(37-33-45)63-56-16-9-11-18-58(56)66-59-19-12-10-17-57(59)63/h4-40H,1-3H3/b5-4-,13-6-. The van der Waals surface area contributed by atoms with Crippen LogP contribution in [-0.2, 0) is 0 Å². The number of rotatable bonds is 10. The number of hydrogen-bond donors (Lipinski definition) is 0. The highest BCUT2D eigenvalue weighted by molar-refractivity contribution is 6.18. The van der Waals surface area contributed by atoms with Crippen LogP contribution in [0, 0.1) is 13.8 Å². The normalized spacial score (nSPS) is 12.9. The Labute approximate surface area is 386 Å². The van der Waals surface area contributed by atoms with Crippen LogP contribution >= 0.6 is 0 Å². The van der Waals surface area contributed by atoms with Gasteiger partial charge in [0.05, 0.1) is 17.1 Å². The number of ketones is 2. The predicted octanol–water partition coefficient (Wildman–Crippen LogP) is 15.9. The van der Waals surface area contributed by atoms with E-state index in [0.29, 0.717) is 33.4 Å². The van der Waals surface area contributed by atoms with Crippen molar-refractivity contribution in [1.82, 2.24) is 0 Å². The van der Waals surface area contributed by atoms with Gasteiger partial charge in [0.15, 0.2) is 23.1 Å². The lowest BCUT2D eigenvalue weighted by Gasteiger charge is -2.32. The highest BCUT2D eigenvalue weighted by Gasteiger charge is 2.27. The monoisotopic (exact) mass is 854 g/mol. The van der Waals surface area contributed by atoms with Crippen LogP contribution in [0.2, 0.25) is 0 Å². The number of benzene rings is 8. The molecule has 0 spiro atoms. The van der Waals surface area contributed by atoms with Gasteiger partial charge >= 0.3 is 0 Å². The zero-order valence-corrected chi connectivity index (χ0v) is 37.0. The summed E-state index contributed by atoms with van der Waals surface area (Å²) in [4.78, 5) is 34.2. The molecular formula is C61H46N2O3. The van der Waals surface area contributed by atoms with Crippen molar-refractivity contribution >= 4 is 46.1 Å². The van der Waals surface area contributed by atoms with Crippen molar-refractivity contribution in [3.05, 3.63) is 263 Å². The quantitative estimate of drug-likeness (QED) is 0.101. The number of allylic oxidation sites excluding steroid dienone is 6. The molecule has 0 atom stereocenters. The summed E-state index contributed by atoms with van der Waals surface area (Å²) in [5.74, 6) is 1.27. The third-order valence-electron chi connectivity index (χ3n) is 12.1. The van der Waals surface area contributed by atoms with Crippen LogP contribution in [0.4, 0.5) is 28.4 Å². The van der Waals surface area contributed by atoms with Gasteiger partial charge in [-0.05, 0) is 121 Å². The second kappa shape index (κ2) is 17.9. The van der Waals surface area contributed by atoms with Gasteiger partial charge in [0, 0.05) is 39.8 Å². The molecular weight excluding hydrogens is 809 g/mol. The van der Waals surface area contributed by atoms with Crippen molar-refractivity contribution in [3.63, 3.8) is 0 Å². The largest absolute Gasteiger partial charge is 0.453 e. The molecule has 5 heteroatoms. The molecule has 8 aromatic rings. The average molecular weight is 855 g/mol. The van der Waals surface area contributed by atoms with E-state index in [4.69, 9.17) is 4.74 Å². The number of carbonyl (C=O) groups is 2. The molecule has 318 valence electrons.